The van der Waals surface area contributed by atoms with Crippen molar-refractivity contribution in [2.45, 2.75) is 284 Å². The Balaban J connectivity index is 3.87. The Morgan fingerprint density at radius 1 is 0.333 bits per heavy atom. The number of hydrogen-bond acceptors (Lipinski definition) is 6. The molecule has 1 unspecified atom stereocenters. The molecule has 0 fully saturated rings. The Labute approximate surface area is 390 Å². The number of ether oxygens (including phenoxy) is 3. The summed E-state index contributed by atoms with van der Waals surface area (Å²) in [7, 11) is 0. The van der Waals surface area contributed by atoms with Crippen LogP contribution in [0.4, 0.5) is 0 Å². The van der Waals surface area contributed by atoms with Crippen LogP contribution in [0.3, 0.4) is 0 Å². The van der Waals surface area contributed by atoms with Gasteiger partial charge in [-0.1, -0.05) is 249 Å². The van der Waals surface area contributed by atoms with Crippen LogP contribution in [-0.4, -0.2) is 37.2 Å². The van der Waals surface area contributed by atoms with Gasteiger partial charge < -0.3 is 14.2 Å². The molecule has 0 saturated carbocycles. The molecule has 0 aliphatic rings. The van der Waals surface area contributed by atoms with Gasteiger partial charge in [0.2, 0.25) is 0 Å². The van der Waals surface area contributed by atoms with Gasteiger partial charge in [0, 0.05) is 19.3 Å². The summed E-state index contributed by atoms with van der Waals surface area (Å²) in [5, 5.41) is 0. The molecule has 0 saturated heterocycles. The summed E-state index contributed by atoms with van der Waals surface area (Å²) in [5.74, 6) is -0.874. The Hall–Kier alpha value is -2.63. The Kier molecular flexibility index (Phi) is 49.8. The highest BCUT2D eigenvalue weighted by molar-refractivity contribution is 5.71. The van der Waals surface area contributed by atoms with Crippen LogP contribution in [0.15, 0.2) is 48.6 Å². The molecule has 6 heteroatoms. The first-order valence-corrected chi connectivity index (χ1v) is 27.1. The molecule has 0 spiro atoms. The van der Waals surface area contributed by atoms with Gasteiger partial charge in [0.15, 0.2) is 6.10 Å². The van der Waals surface area contributed by atoms with Gasteiger partial charge in [0.05, 0.1) is 0 Å². The number of esters is 3. The third-order valence-electron chi connectivity index (χ3n) is 11.8. The molecule has 0 heterocycles. The molecule has 0 aliphatic carbocycles. The number of unbranched alkanes of at least 4 members (excludes halogenated alkanes) is 30. The molecule has 0 aromatic carbocycles. The van der Waals surface area contributed by atoms with Gasteiger partial charge in [-0.05, 0) is 57.8 Å². The Bertz CT molecular complexity index is 1110. The Morgan fingerprint density at radius 2 is 0.619 bits per heavy atom. The van der Waals surface area contributed by atoms with E-state index in [0.29, 0.717) is 19.3 Å². The molecular formula is C57H102O6. The van der Waals surface area contributed by atoms with E-state index in [4.69, 9.17) is 14.2 Å². The first-order chi connectivity index (χ1) is 31.0. The van der Waals surface area contributed by atoms with Gasteiger partial charge in [-0.2, -0.15) is 0 Å². The van der Waals surface area contributed by atoms with Crippen LogP contribution in [0.2, 0.25) is 0 Å². The van der Waals surface area contributed by atoms with Gasteiger partial charge in [-0.3, -0.25) is 14.4 Å². The predicted molar refractivity (Wildman–Crippen MR) is 270 cm³/mol. The van der Waals surface area contributed by atoms with E-state index in [-0.39, 0.29) is 31.1 Å². The number of rotatable bonds is 49. The zero-order valence-corrected chi connectivity index (χ0v) is 41.8. The van der Waals surface area contributed by atoms with Crippen molar-refractivity contribution in [2.75, 3.05) is 13.2 Å². The lowest BCUT2D eigenvalue weighted by Gasteiger charge is -2.18. The van der Waals surface area contributed by atoms with E-state index in [1.807, 2.05) is 0 Å². The standard InChI is InChI=1S/C57H102O6/c1-4-7-10-13-16-18-19-20-21-22-23-24-25-26-27-28-29-30-31-32-33-34-35-36-37-38-39-40-42-44-47-50-56(59)62-53-54(52-61-55(58)49-46-43-15-12-9-6-3)63-57(60)51-48-45-41-17-14-11-8-5-2/h7,10,16,18,20-21,23-24,54H,4-6,8-9,11-15,17,19,22,25-53H2,1-3H3/b10-7-,18-16-,21-20-,24-23-. The van der Waals surface area contributed by atoms with Crippen molar-refractivity contribution in [3.05, 3.63) is 48.6 Å². The number of carbonyl (C=O) groups excluding carboxylic acids is 3. The quantitative estimate of drug-likeness (QED) is 0.0262. The van der Waals surface area contributed by atoms with E-state index in [0.717, 1.165) is 83.5 Å². The largest absolute Gasteiger partial charge is 0.462 e. The highest BCUT2D eigenvalue weighted by Crippen LogP contribution is 2.16. The molecule has 0 N–H and O–H groups in total. The van der Waals surface area contributed by atoms with Gasteiger partial charge >= 0.3 is 17.9 Å². The summed E-state index contributed by atoms with van der Waals surface area (Å²) in [6, 6.07) is 0. The van der Waals surface area contributed by atoms with Gasteiger partial charge in [-0.15, -0.1) is 0 Å². The number of hydrogen-bond donors (Lipinski definition) is 0. The van der Waals surface area contributed by atoms with Crippen LogP contribution in [0, 0.1) is 0 Å². The van der Waals surface area contributed by atoms with Gasteiger partial charge in [0.1, 0.15) is 13.2 Å². The zero-order valence-electron chi connectivity index (χ0n) is 41.8. The monoisotopic (exact) mass is 883 g/mol. The second-order valence-electron chi connectivity index (χ2n) is 18.1. The van der Waals surface area contributed by atoms with E-state index < -0.39 is 6.10 Å². The summed E-state index contributed by atoms with van der Waals surface area (Å²) < 4.78 is 16.6. The molecular weight excluding hydrogens is 781 g/mol. The maximum atomic E-state index is 12.6. The molecule has 366 valence electrons. The molecule has 0 rings (SSSR count). The van der Waals surface area contributed by atoms with Crippen molar-refractivity contribution < 1.29 is 28.6 Å². The van der Waals surface area contributed by atoms with Crippen LogP contribution in [0.25, 0.3) is 0 Å². The fourth-order valence-corrected chi connectivity index (χ4v) is 7.79. The second-order valence-corrected chi connectivity index (χ2v) is 18.1. The van der Waals surface area contributed by atoms with Crippen molar-refractivity contribution in [3.63, 3.8) is 0 Å². The SMILES string of the molecule is CC/C=C\C/C=C\C/C=C\C/C=C\CCCCCCCCCCCCCCCCCCCCC(=O)OCC(COC(=O)CCCCCCCC)OC(=O)CCCCCCCCCC. The molecule has 0 aromatic rings. The van der Waals surface area contributed by atoms with E-state index in [1.54, 1.807) is 0 Å². The summed E-state index contributed by atoms with van der Waals surface area (Å²) >= 11 is 0. The molecule has 0 amide bonds. The molecule has 63 heavy (non-hydrogen) atoms. The maximum Gasteiger partial charge on any atom is 0.306 e. The third-order valence-corrected chi connectivity index (χ3v) is 11.8. The highest BCUT2D eigenvalue weighted by Gasteiger charge is 2.19. The van der Waals surface area contributed by atoms with Crippen molar-refractivity contribution in [1.29, 1.82) is 0 Å². The van der Waals surface area contributed by atoms with Crippen LogP contribution in [-0.2, 0) is 28.6 Å². The average molecular weight is 883 g/mol. The minimum absolute atomic E-state index is 0.0685. The summed E-state index contributed by atoms with van der Waals surface area (Å²) in [6.07, 6.45) is 63.1. The number of allylic oxidation sites excluding steroid dienone is 8. The van der Waals surface area contributed by atoms with Crippen molar-refractivity contribution >= 4 is 17.9 Å². The summed E-state index contributed by atoms with van der Waals surface area (Å²) in [4.78, 5) is 37.5. The van der Waals surface area contributed by atoms with Gasteiger partial charge in [-0.25, -0.2) is 0 Å². The minimum Gasteiger partial charge on any atom is -0.462 e. The fraction of sp³-hybridized carbons (Fsp3) is 0.807. The van der Waals surface area contributed by atoms with E-state index in [2.05, 4.69) is 69.4 Å². The molecule has 6 nitrogen and oxygen atoms in total. The lowest BCUT2D eigenvalue weighted by Crippen LogP contribution is -2.30. The normalized spacial score (nSPS) is 12.4. The molecule has 0 aliphatic heterocycles. The maximum absolute atomic E-state index is 12.6. The lowest BCUT2D eigenvalue weighted by molar-refractivity contribution is -0.167. The van der Waals surface area contributed by atoms with Crippen LogP contribution < -0.4 is 0 Å². The third kappa shape index (κ3) is 50.2. The zero-order chi connectivity index (χ0) is 45.8. The van der Waals surface area contributed by atoms with Crippen molar-refractivity contribution in [2.24, 2.45) is 0 Å². The second kappa shape index (κ2) is 52.0. The highest BCUT2D eigenvalue weighted by atomic mass is 16.6. The summed E-state index contributed by atoms with van der Waals surface area (Å²) in [6.45, 7) is 6.45. The topological polar surface area (TPSA) is 78.9 Å². The van der Waals surface area contributed by atoms with Crippen molar-refractivity contribution in [1.82, 2.24) is 0 Å². The predicted octanol–water partition coefficient (Wildman–Crippen LogP) is 17.9. The first kappa shape index (κ1) is 60.4. The Morgan fingerprint density at radius 3 is 0.968 bits per heavy atom. The van der Waals surface area contributed by atoms with Crippen LogP contribution in [0.1, 0.15) is 278 Å². The van der Waals surface area contributed by atoms with Gasteiger partial charge in [0.25, 0.3) is 0 Å². The molecule has 1 atom stereocenters. The van der Waals surface area contributed by atoms with E-state index in [9.17, 15) is 14.4 Å². The number of carbonyl (C=O) groups is 3. The van der Waals surface area contributed by atoms with Crippen LogP contribution in [0.5, 0.6) is 0 Å². The summed E-state index contributed by atoms with van der Waals surface area (Å²) in [5.41, 5.74) is 0. The van der Waals surface area contributed by atoms with E-state index >= 15 is 0 Å². The fourth-order valence-electron chi connectivity index (χ4n) is 7.79. The smallest absolute Gasteiger partial charge is 0.306 e. The lowest BCUT2D eigenvalue weighted by atomic mass is 10.0. The van der Waals surface area contributed by atoms with Crippen LogP contribution >= 0.6 is 0 Å². The van der Waals surface area contributed by atoms with Crippen molar-refractivity contribution in [3.8, 4) is 0 Å². The first-order valence-electron chi connectivity index (χ1n) is 27.1. The minimum atomic E-state index is -0.762. The molecule has 0 aromatic heterocycles. The average Bonchev–Trinajstić information content (AvgIpc) is 3.28. The molecule has 0 bridgehead atoms. The van der Waals surface area contributed by atoms with E-state index in [1.165, 1.54) is 154 Å². The molecule has 0 radical (unpaired) electrons.